The average Bonchev–Trinajstić information content (AvgIpc) is 3.15. The fourth-order valence-electron chi connectivity index (χ4n) is 4.47. The van der Waals surface area contributed by atoms with Crippen LogP contribution in [0.4, 0.5) is 0 Å². The van der Waals surface area contributed by atoms with Crippen LogP contribution in [-0.2, 0) is 26.1 Å². The van der Waals surface area contributed by atoms with Crippen molar-refractivity contribution in [1.29, 1.82) is 0 Å². The standard InChI is InChI=1S/C24H29N5O2/c30-23-12-21(28-22-6-1-2-9-29(22)23)24(31)26-14-17-7-8-18-11-19(27-20(18)10-17)15-25-13-16-4-3-5-16/h7-8,10-12,16,25,27H,1-6,9,13-15H2,(H,26,31). The van der Waals surface area contributed by atoms with E-state index in [1.807, 2.05) is 6.07 Å². The number of aromatic amines is 1. The van der Waals surface area contributed by atoms with E-state index < -0.39 is 0 Å². The molecule has 1 aliphatic carbocycles. The van der Waals surface area contributed by atoms with Crippen LogP contribution in [0.3, 0.4) is 0 Å². The maximum absolute atomic E-state index is 12.6. The van der Waals surface area contributed by atoms with Crippen molar-refractivity contribution in [3.05, 3.63) is 63.5 Å². The molecule has 7 nitrogen and oxygen atoms in total. The summed E-state index contributed by atoms with van der Waals surface area (Å²) in [5.41, 5.74) is 3.32. The maximum Gasteiger partial charge on any atom is 0.270 e. The van der Waals surface area contributed by atoms with Gasteiger partial charge in [-0.3, -0.25) is 14.2 Å². The molecule has 0 atom stereocenters. The smallest absolute Gasteiger partial charge is 0.270 e. The predicted octanol–water partition coefficient (Wildman–Crippen LogP) is 2.88. The summed E-state index contributed by atoms with van der Waals surface area (Å²) >= 11 is 0. The van der Waals surface area contributed by atoms with E-state index in [1.54, 1.807) is 4.57 Å². The second kappa shape index (κ2) is 8.67. The normalized spacial score (nSPS) is 16.1. The van der Waals surface area contributed by atoms with Gasteiger partial charge >= 0.3 is 0 Å². The van der Waals surface area contributed by atoms with Crippen LogP contribution in [-0.4, -0.2) is 27.0 Å². The van der Waals surface area contributed by atoms with Crippen molar-refractivity contribution in [3.8, 4) is 0 Å². The van der Waals surface area contributed by atoms with Crippen molar-refractivity contribution < 1.29 is 4.79 Å². The predicted molar refractivity (Wildman–Crippen MR) is 120 cm³/mol. The minimum absolute atomic E-state index is 0.138. The van der Waals surface area contributed by atoms with Crippen molar-refractivity contribution >= 4 is 16.8 Å². The van der Waals surface area contributed by atoms with E-state index in [0.29, 0.717) is 13.1 Å². The van der Waals surface area contributed by atoms with E-state index in [2.05, 4.69) is 38.8 Å². The Hall–Kier alpha value is -2.93. The van der Waals surface area contributed by atoms with E-state index in [9.17, 15) is 9.59 Å². The molecule has 1 saturated carbocycles. The summed E-state index contributed by atoms with van der Waals surface area (Å²) in [6, 6.07) is 9.70. The molecule has 1 aromatic carbocycles. The molecule has 0 spiro atoms. The van der Waals surface area contributed by atoms with Gasteiger partial charge in [0.15, 0.2) is 0 Å². The van der Waals surface area contributed by atoms with Crippen molar-refractivity contribution in [3.63, 3.8) is 0 Å². The van der Waals surface area contributed by atoms with Crippen LogP contribution >= 0.6 is 0 Å². The van der Waals surface area contributed by atoms with E-state index in [0.717, 1.165) is 55.2 Å². The van der Waals surface area contributed by atoms with Gasteiger partial charge in [0.2, 0.25) is 0 Å². The monoisotopic (exact) mass is 419 g/mol. The van der Waals surface area contributed by atoms with Gasteiger partial charge in [-0.1, -0.05) is 18.6 Å². The van der Waals surface area contributed by atoms with Gasteiger partial charge in [0.1, 0.15) is 11.5 Å². The number of nitrogens with one attached hydrogen (secondary N) is 3. The van der Waals surface area contributed by atoms with Gasteiger partial charge in [0.25, 0.3) is 11.5 Å². The van der Waals surface area contributed by atoms with E-state index in [-0.39, 0.29) is 17.2 Å². The molecule has 1 amide bonds. The van der Waals surface area contributed by atoms with Gasteiger partial charge < -0.3 is 15.6 Å². The number of hydrogen-bond donors (Lipinski definition) is 3. The first kappa shape index (κ1) is 20.0. The van der Waals surface area contributed by atoms with Crippen molar-refractivity contribution in [1.82, 2.24) is 25.2 Å². The second-order valence-corrected chi connectivity index (χ2v) is 8.83. The Kier molecular flexibility index (Phi) is 5.59. The van der Waals surface area contributed by atoms with Crippen molar-refractivity contribution in [2.45, 2.75) is 58.2 Å². The van der Waals surface area contributed by atoms with Crippen molar-refractivity contribution in [2.24, 2.45) is 5.92 Å². The van der Waals surface area contributed by atoms with E-state index >= 15 is 0 Å². The molecule has 3 heterocycles. The number of carbonyl (C=O) groups excluding carboxylic acids is 1. The number of fused-ring (bicyclic) bond motifs is 2. The summed E-state index contributed by atoms with van der Waals surface area (Å²) < 4.78 is 1.68. The third-order valence-electron chi connectivity index (χ3n) is 6.52. The van der Waals surface area contributed by atoms with Gasteiger partial charge in [0, 0.05) is 43.3 Å². The summed E-state index contributed by atoms with van der Waals surface area (Å²) in [6.45, 7) is 3.02. The number of rotatable bonds is 7. The minimum atomic E-state index is -0.307. The summed E-state index contributed by atoms with van der Waals surface area (Å²) in [7, 11) is 0. The number of nitrogens with zero attached hydrogens (tertiary/aromatic N) is 2. The number of H-pyrrole nitrogens is 1. The zero-order valence-electron chi connectivity index (χ0n) is 17.7. The Morgan fingerprint density at radius 1 is 1.13 bits per heavy atom. The number of amides is 1. The summed E-state index contributed by atoms with van der Waals surface area (Å²) in [6.07, 6.45) is 6.82. The van der Waals surface area contributed by atoms with Gasteiger partial charge in [-0.2, -0.15) is 0 Å². The maximum atomic E-state index is 12.6. The third kappa shape index (κ3) is 4.42. The number of aryl methyl sites for hydroxylation is 1. The summed E-state index contributed by atoms with van der Waals surface area (Å²) in [5.74, 6) is 1.26. The zero-order valence-corrected chi connectivity index (χ0v) is 17.7. The van der Waals surface area contributed by atoms with Crippen molar-refractivity contribution in [2.75, 3.05) is 6.54 Å². The molecule has 3 N–H and O–H groups in total. The third-order valence-corrected chi connectivity index (χ3v) is 6.52. The Bertz CT molecular complexity index is 1160. The summed E-state index contributed by atoms with van der Waals surface area (Å²) in [5, 5.41) is 7.61. The van der Waals surface area contributed by atoms with Crippen LogP contribution < -0.4 is 16.2 Å². The Morgan fingerprint density at radius 3 is 2.87 bits per heavy atom. The molecule has 7 heteroatoms. The van der Waals surface area contributed by atoms with Crippen LogP contribution in [0.15, 0.2) is 35.1 Å². The fraction of sp³-hybridized carbons (Fsp3) is 0.458. The second-order valence-electron chi connectivity index (χ2n) is 8.83. The Labute approximate surface area is 181 Å². The fourth-order valence-corrected chi connectivity index (χ4v) is 4.47. The quantitative estimate of drug-likeness (QED) is 0.549. The molecular weight excluding hydrogens is 390 g/mol. The molecule has 3 aromatic rings. The summed E-state index contributed by atoms with van der Waals surface area (Å²) in [4.78, 5) is 32.8. The van der Waals surface area contributed by atoms with Gasteiger partial charge in [-0.05, 0) is 61.2 Å². The lowest BCUT2D eigenvalue weighted by Crippen LogP contribution is -2.32. The molecule has 5 rings (SSSR count). The van der Waals surface area contributed by atoms with Gasteiger partial charge in [-0.15, -0.1) is 0 Å². The van der Waals surface area contributed by atoms with Gasteiger partial charge in [0.05, 0.1) is 0 Å². The van der Waals surface area contributed by atoms with Gasteiger partial charge in [-0.25, -0.2) is 4.98 Å². The van der Waals surface area contributed by atoms with Crippen LogP contribution in [0.1, 0.15) is 59.7 Å². The molecule has 1 fully saturated rings. The highest BCUT2D eigenvalue weighted by Gasteiger charge is 2.17. The largest absolute Gasteiger partial charge is 0.357 e. The molecule has 31 heavy (non-hydrogen) atoms. The number of aromatic nitrogens is 3. The van der Waals surface area contributed by atoms with Crippen LogP contribution in [0.5, 0.6) is 0 Å². The lowest BCUT2D eigenvalue weighted by molar-refractivity contribution is 0.0945. The Morgan fingerprint density at radius 2 is 2.03 bits per heavy atom. The molecule has 0 unspecified atom stereocenters. The molecule has 2 aliphatic rings. The number of carbonyl (C=O) groups is 1. The number of hydrogen-bond acceptors (Lipinski definition) is 4. The first-order valence-electron chi connectivity index (χ1n) is 11.4. The van der Waals surface area contributed by atoms with E-state index in [1.165, 1.54) is 36.4 Å². The molecule has 1 aliphatic heterocycles. The van der Waals surface area contributed by atoms with Crippen LogP contribution in [0, 0.1) is 5.92 Å². The molecule has 0 saturated heterocycles. The molecule has 2 aromatic heterocycles. The first-order valence-corrected chi connectivity index (χ1v) is 11.4. The number of benzene rings is 1. The molecule has 0 radical (unpaired) electrons. The molecule has 162 valence electrons. The van der Waals surface area contributed by atoms with Crippen LogP contribution in [0.2, 0.25) is 0 Å². The molecule has 0 bridgehead atoms. The lowest BCUT2D eigenvalue weighted by atomic mass is 9.85. The van der Waals surface area contributed by atoms with Crippen LogP contribution in [0.25, 0.3) is 10.9 Å². The topological polar surface area (TPSA) is 91.8 Å². The highest BCUT2D eigenvalue weighted by molar-refractivity contribution is 5.92. The minimum Gasteiger partial charge on any atom is -0.357 e. The molecular formula is C24H29N5O2. The Balaban J connectivity index is 1.21. The zero-order chi connectivity index (χ0) is 21.2. The highest BCUT2D eigenvalue weighted by atomic mass is 16.2. The van der Waals surface area contributed by atoms with E-state index in [4.69, 9.17) is 0 Å². The SMILES string of the molecule is O=C(NCc1ccc2cc(CNCC3CCC3)[nH]c2c1)c1cc(=O)n2c(n1)CCCC2. The average molecular weight is 420 g/mol. The lowest BCUT2D eigenvalue weighted by Gasteiger charge is -2.25. The first-order chi connectivity index (χ1) is 15.2. The highest BCUT2D eigenvalue weighted by Crippen LogP contribution is 2.25.